The summed E-state index contributed by atoms with van der Waals surface area (Å²) in [5, 5.41) is 20.9. The molecule has 2 fully saturated rings. The maximum atomic E-state index is 10.4. The molecule has 15 heavy (non-hydrogen) atoms. The second-order valence-electron chi connectivity index (χ2n) is 3.87. The Kier molecular flexibility index (Phi) is 4.86. The second kappa shape index (κ2) is 5.50. The van der Waals surface area contributed by atoms with Crippen molar-refractivity contribution in [2.45, 2.75) is 37.9 Å². The van der Waals surface area contributed by atoms with Gasteiger partial charge in [0.1, 0.15) is 13.2 Å². The van der Waals surface area contributed by atoms with Crippen LogP contribution in [0.15, 0.2) is 0 Å². The van der Waals surface area contributed by atoms with Gasteiger partial charge in [-0.2, -0.15) is 4.90 Å². The van der Waals surface area contributed by atoms with Crippen molar-refractivity contribution >= 4 is 5.71 Å². The number of nitrogens with zero attached hydrogens (tertiary/aromatic N) is 1. The summed E-state index contributed by atoms with van der Waals surface area (Å²) in [4.78, 5) is -0.407. The molecule has 0 aromatic carbocycles. The van der Waals surface area contributed by atoms with E-state index in [-0.39, 0.29) is 48.5 Å². The molecule has 1 heterocycles. The van der Waals surface area contributed by atoms with Gasteiger partial charge in [-0.05, 0) is 12.8 Å². The minimum absolute atomic E-state index is 0. The van der Waals surface area contributed by atoms with Crippen LogP contribution in [0.5, 0.6) is 0 Å². The molecular weight excluding hydrogens is 209 g/mol. The van der Waals surface area contributed by atoms with E-state index in [0.29, 0.717) is 0 Å². The van der Waals surface area contributed by atoms with Gasteiger partial charge in [-0.1, -0.05) is 6.42 Å². The van der Waals surface area contributed by atoms with Crippen LogP contribution in [-0.2, 0) is 9.47 Å². The average Bonchev–Trinajstić information content (AvgIpc) is 2.19. The Morgan fingerprint density at radius 2 is 1.53 bits per heavy atom. The maximum absolute atomic E-state index is 10.4. The number of ether oxygens (including phenoxy) is 2. The molecule has 0 amide bonds. The summed E-state index contributed by atoms with van der Waals surface area (Å²) in [5.41, 5.74) is 0.126. The summed E-state index contributed by atoms with van der Waals surface area (Å²) in [6.45, 7) is 0.236. The molecule has 5 nitrogen and oxygen atoms in total. The molecule has 2 rings (SSSR count). The van der Waals surface area contributed by atoms with Gasteiger partial charge in [0.2, 0.25) is 5.71 Å². The molecule has 0 unspecified atom stereocenters. The zero-order chi connectivity index (χ0) is 10.0. The first-order valence-corrected chi connectivity index (χ1v) is 4.99. The third-order valence-corrected chi connectivity index (χ3v) is 2.88. The SMILES string of the molecule is [Na+].[O-][N+]([O-])=C1COC2(CCCCC2)OC1. The zero-order valence-electron chi connectivity index (χ0n) is 9.03. The fourth-order valence-corrected chi connectivity index (χ4v) is 2.00. The molecule has 0 aromatic rings. The van der Waals surface area contributed by atoms with Gasteiger partial charge in [0, 0.05) is 12.8 Å². The summed E-state index contributed by atoms with van der Waals surface area (Å²) in [6, 6.07) is 0. The Morgan fingerprint density at radius 1 is 1.00 bits per heavy atom. The molecule has 1 saturated carbocycles. The third-order valence-electron chi connectivity index (χ3n) is 2.88. The van der Waals surface area contributed by atoms with Crippen LogP contribution >= 0.6 is 0 Å². The van der Waals surface area contributed by atoms with Crippen LogP contribution in [0.2, 0.25) is 0 Å². The van der Waals surface area contributed by atoms with E-state index >= 15 is 0 Å². The Morgan fingerprint density at radius 3 is 2.00 bits per heavy atom. The molecule has 0 aromatic heterocycles. The van der Waals surface area contributed by atoms with E-state index < -0.39 is 10.7 Å². The van der Waals surface area contributed by atoms with E-state index in [1.165, 1.54) is 6.42 Å². The van der Waals surface area contributed by atoms with E-state index in [0.717, 1.165) is 25.7 Å². The Labute approximate surface area is 111 Å². The van der Waals surface area contributed by atoms with Gasteiger partial charge in [0.15, 0.2) is 5.79 Å². The van der Waals surface area contributed by atoms with E-state index in [1.54, 1.807) is 0 Å². The van der Waals surface area contributed by atoms with E-state index in [1.807, 2.05) is 0 Å². The van der Waals surface area contributed by atoms with Crippen LogP contribution < -0.4 is 29.6 Å². The maximum Gasteiger partial charge on any atom is 1.00 e. The van der Waals surface area contributed by atoms with Crippen LogP contribution in [0.1, 0.15) is 32.1 Å². The normalized spacial score (nSPS) is 24.7. The van der Waals surface area contributed by atoms with Crippen LogP contribution in [-0.4, -0.2) is 29.6 Å². The monoisotopic (exact) mass is 223 g/mol. The van der Waals surface area contributed by atoms with Gasteiger partial charge >= 0.3 is 29.6 Å². The molecule has 2 aliphatic rings. The minimum Gasteiger partial charge on any atom is -0.612 e. The molecule has 1 aliphatic carbocycles. The van der Waals surface area contributed by atoms with Crippen molar-refractivity contribution in [3.63, 3.8) is 0 Å². The predicted octanol–water partition coefficient (Wildman–Crippen LogP) is -1.85. The molecule has 1 saturated heterocycles. The summed E-state index contributed by atoms with van der Waals surface area (Å²) < 4.78 is 11.0. The van der Waals surface area contributed by atoms with Crippen molar-refractivity contribution < 1.29 is 43.9 Å². The molecule has 0 radical (unpaired) electrons. The first kappa shape index (κ1) is 13.3. The van der Waals surface area contributed by atoms with Gasteiger partial charge in [0.25, 0.3) is 0 Å². The molecule has 0 atom stereocenters. The van der Waals surface area contributed by atoms with Crippen molar-refractivity contribution in [2.75, 3.05) is 13.2 Å². The van der Waals surface area contributed by atoms with E-state index in [9.17, 15) is 10.4 Å². The Bertz CT molecular complexity index is 234. The summed E-state index contributed by atoms with van der Waals surface area (Å²) in [7, 11) is 0. The molecule has 6 heteroatoms. The van der Waals surface area contributed by atoms with Crippen molar-refractivity contribution in [1.29, 1.82) is 0 Å². The first-order valence-electron chi connectivity index (χ1n) is 4.99. The Balaban J connectivity index is 0.00000112. The van der Waals surface area contributed by atoms with Gasteiger partial charge < -0.3 is 19.9 Å². The first-order chi connectivity index (χ1) is 6.72. The summed E-state index contributed by atoms with van der Waals surface area (Å²) >= 11 is 0. The van der Waals surface area contributed by atoms with Crippen LogP contribution in [0, 0.1) is 10.4 Å². The van der Waals surface area contributed by atoms with Gasteiger partial charge in [0.05, 0.1) is 0 Å². The average molecular weight is 223 g/mol. The van der Waals surface area contributed by atoms with Crippen LogP contribution in [0.25, 0.3) is 0 Å². The molecule has 80 valence electrons. The molecule has 1 aliphatic heterocycles. The number of rotatable bonds is 0. The topological polar surface area (TPSA) is 67.6 Å². The Hall–Kier alpha value is 0.190. The fraction of sp³-hybridized carbons (Fsp3) is 0.889. The summed E-state index contributed by atoms with van der Waals surface area (Å²) in [5.74, 6) is -0.502. The quantitative estimate of drug-likeness (QED) is 0.274. The minimum atomic E-state index is -0.502. The number of hydrogen-bond donors (Lipinski definition) is 0. The van der Waals surface area contributed by atoms with Crippen molar-refractivity contribution in [3.05, 3.63) is 10.4 Å². The van der Waals surface area contributed by atoms with Crippen molar-refractivity contribution in [3.8, 4) is 0 Å². The standard InChI is InChI=1S/C9H14NO4.Na/c11-10(12)8-6-13-9(14-7-8)4-2-1-3-5-9;/h1-7H2;/q-1;+1. The van der Waals surface area contributed by atoms with Crippen molar-refractivity contribution in [1.82, 2.24) is 0 Å². The van der Waals surface area contributed by atoms with Crippen molar-refractivity contribution in [2.24, 2.45) is 0 Å². The van der Waals surface area contributed by atoms with Gasteiger partial charge in [-0.25, -0.2) is 0 Å². The third kappa shape index (κ3) is 3.07. The van der Waals surface area contributed by atoms with Crippen LogP contribution in [0.4, 0.5) is 0 Å². The van der Waals surface area contributed by atoms with Crippen LogP contribution in [0.3, 0.4) is 0 Å². The van der Waals surface area contributed by atoms with E-state index in [2.05, 4.69) is 0 Å². The van der Waals surface area contributed by atoms with Gasteiger partial charge in [-0.15, -0.1) is 0 Å². The molecule has 0 N–H and O–H groups in total. The van der Waals surface area contributed by atoms with E-state index in [4.69, 9.17) is 9.47 Å². The zero-order valence-corrected chi connectivity index (χ0v) is 11.0. The molecule has 1 spiro atoms. The fourth-order valence-electron chi connectivity index (χ4n) is 2.00. The second-order valence-corrected chi connectivity index (χ2v) is 3.87. The largest absolute Gasteiger partial charge is 1.00 e. The summed E-state index contributed by atoms with van der Waals surface area (Å²) in [6.07, 6.45) is 5.14. The smallest absolute Gasteiger partial charge is 0.612 e. The number of hydrogen-bond acceptors (Lipinski definition) is 4. The van der Waals surface area contributed by atoms with Gasteiger partial charge in [-0.3, -0.25) is 0 Å². The molecular formula is C9H14NNaO4. The predicted molar refractivity (Wildman–Crippen MR) is 49.7 cm³/mol. The molecule has 0 bridgehead atoms.